The van der Waals surface area contributed by atoms with E-state index in [2.05, 4.69) is 143 Å². The third kappa shape index (κ3) is 3.14. The lowest BCUT2D eigenvalue weighted by molar-refractivity contribution is -0.262. The van der Waals surface area contributed by atoms with E-state index >= 15 is 0 Å². The molecule has 7 fully saturated rings. The molecule has 0 heterocycles. The molecule has 7 saturated carbocycles. The maximum atomic E-state index is 3.90. The van der Waals surface area contributed by atoms with Gasteiger partial charge in [-0.25, -0.2) is 0 Å². The van der Waals surface area contributed by atoms with Gasteiger partial charge in [0.1, 0.15) is 0 Å². The van der Waals surface area contributed by atoms with E-state index < -0.39 is 0 Å². The Morgan fingerprint density at radius 2 is 1.20 bits per heavy atom. The Balaban J connectivity index is 1.41. The minimum atomic E-state index is 0.231. The number of benzene rings is 3. The molecule has 3 aromatic rings. The first-order chi connectivity index (χ1) is 19.4. The highest BCUT2D eigenvalue weighted by atomic mass is 79.9. The van der Waals surface area contributed by atoms with Crippen molar-refractivity contribution in [2.45, 2.75) is 68.6 Å². The zero-order valence-corrected chi connectivity index (χ0v) is 26.7. The zero-order chi connectivity index (χ0) is 27.3. The highest BCUT2D eigenvalue weighted by Gasteiger charge is 2.80. The molecule has 4 unspecified atom stereocenters. The molecule has 10 rings (SSSR count). The molecule has 0 spiro atoms. The Morgan fingerprint density at radius 1 is 0.650 bits per heavy atom. The zero-order valence-electron chi connectivity index (χ0n) is 23.5. The normalized spacial score (nSPS) is 40.9. The van der Waals surface area contributed by atoms with E-state index in [1.54, 1.807) is 22.3 Å². The summed E-state index contributed by atoms with van der Waals surface area (Å²) in [6.45, 7) is 4.49. The van der Waals surface area contributed by atoms with Crippen molar-refractivity contribution in [3.8, 4) is 0 Å². The molecule has 7 aliphatic rings. The van der Waals surface area contributed by atoms with Gasteiger partial charge in [0.2, 0.25) is 0 Å². The van der Waals surface area contributed by atoms with E-state index in [1.165, 1.54) is 47.5 Å². The summed E-state index contributed by atoms with van der Waals surface area (Å²) in [5.41, 5.74) is 7.43. The highest BCUT2D eigenvalue weighted by Crippen LogP contribution is 2.85. The van der Waals surface area contributed by atoms with Crippen LogP contribution in [0.3, 0.4) is 0 Å². The Labute approximate surface area is 256 Å². The van der Waals surface area contributed by atoms with Gasteiger partial charge in [-0.3, -0.25) is 0 Å². The molecule has 204 valence electrons. The van der Waals surface area contributed by atoms with Crippen molar-refractivity contribution in [2.24, 2.45) is 29.1 Å². The summed E-state index contributed by atoms with van der Waals surface area (Å²) in [6.07, 6.45) is 15.1. The van der Waals surface area contributed by atoms with Crippen LogP contribution in [0.15, 0.2) is 112 Å². The second-order valence-corrected chi connectivity index (χ2v) is 15.7. The molecular formula is C38H38Br2. The molecule has 4 atom stereocenters. The summed E-state index contributed by atoms with van der Waals surface area (Å²) in [4.78, 5) is 0. The van der Waals surface area contributed by atoms with Crippen LogP contribution in [-0.2, 0) is 16.2 Å². The van der Waals surface area contributed by atoms with E-state index in [4.69, 9.17) is 0 Å². The molecule has 2 heteroatoms. The van der Waals surface area contributed by atoms with Crippen molar-refractivity contribution in [3.05, 3.63) is 128 Å². The minimum absolute atomic E-state index is 0.231. The fourth-order valence-corrected chi connectivity index (χ4v) is 12.7. The maximum Gasteiger partial charge on any atom is 0.0178 e. The minimum Gasteiger partial charge on any atom is -0.0874 e. The summed E-state index contributed by atoms with van der Waals surface area (Å²) in [5, 5.41) is 0. The Morgan fingerprint density at radius 3 is 1.80 bits per heavy atom. The molecule has 0 aliphatic heterocycles. The molecule has 40 heavy (non-hydrogen) atoms. The van der Waals surface area contributed by atoms with Crippen molar-refractivity contribution < 1.29 is 0 Å². The molecule has 0 amide bonds. The van der Waals surface area contributed by atoms with Gasteiger partial charge in [0.15, 0.2) is 0 Å². The van der Waals surface area contributed by atoms with Gasteiger partial charge in [-0.05, 0) is 133 Å². The van der Waals surface area contributed by atoms with Crippen molar-refractivity contribution in [3.63, 3.8) is 0 Å². The maximum absolute atomic E-state index is 3.90. The number of rotatable bonds is 5. The highest BCUT2D eigenvalue weighted by molar-refractivity contribution is 9.10. The van der Waals surface area contributed by atoms with Gasteiger partial charge in [0, 0.05) is 19.8 Å². The molecule has 7 aliphatic carbocycles. The predicted octanol–water partition coefficient (Wildman–Crippen LogP) is 10.7. The fourth-order valence-electron chi connectivity index (χ4n) is 11.9. The van der Waals surface area contributed by atoms with E-state index in [9.17, 15) is 0 Å². The van der Waals surface area contributed by atoms with Gasteiger partial charge < -0.3 is 0 Å². The van der Waals surface area contributed by atoms with Crippen LogP contribution in [0.1, 0.15) is 69.1 Å². The van der Waals surface area contributed by atoms with Crippen LogP contribution in [-0.4, -0.2) is 0 Å². The van der Waals surface area contributed by atoms with Gasteiger partial charge in [-0.1, -0.05) is 105 Å². The van der Waals surface area contributed by atoms with E-state index in [1.807, 2.05) is 0 Å². The average molecular weight is 655 g/mol. The second-order valence-electron chi connectivity index (χ2n) is 13.9. The van der Waals surface area contributed by atoms with Crippen LogP contribution < -0.4 is 0 Å². The predicted molar refractivity (Wildman–Crippen MR) is 172 cm³/mol. The molecular weight excluding hydrogens is 616 g/mol. The monoisotopic (exact) mass is 652 g/mol. The third-order valence-corrected chi connectivity index (χ3v) is 13.7. The second kappa shape index (κ2) is 8.81. The number of hydrogen-bond acceptors (Lipinski definition) is 0. The van der Waals surface area contributed by atoms with Crippen molar-refractivity contribution in [2.75, 3.05) is 0 Å². The third-order valence-electron chi connectivity index (χ3n) is 12.7. The Bertz CT molecular complexity index is 1520. The molecule has 3 aromatic carbocycles. The van der Waals surface area contributed by atoms with E-state index in [-0.39, 0.29) is 21.7 Å². The summed E-state index contributed by atoms with van der Waals surface area (Å²) < 4.78 is 2.46. The molecule has 0 nitrogen and oxygen atoms in total. The van der Waals surface area contributed by atoms with Crippen molar-refractivity contribution in [1.82, 2.24) is 0 Å². The van der Waals surface area contributed by atoms with Gasteiger partial charge in [0.25, 0.3) is 0 Å². The molecule has 0 radical (unpaired) electrons. The summed E-state index contributed by atoms with van der Waals surface area (Å²) in [5.74, 6) is 2.81. The number of hydrogen-bond donors (Lipinski definition) is 0. The molecule has 0 saturated heterocycles. The Kier molecular flexibility index (Phi) is 5.68. The SMILES string of the molecule is C/C=C\C(=C/C)C12CC3C4CC5(c6cccc(Br)c6)CC(C(C1)C3(c1cccc(Br)c1)C5)C4(c1ccccc1)C2. The lowest BCUT2D eigenvalue weighted by Crippen LogP contribution is -2.79. The van der Waals surface area contributed by atoms with Gasteiger partial charge in [0.05, 0.1) is 0 Å². The first-order valence-corrected chi connectivity index (χ1v) is 16.9. The van der Waals surface area contributed by atoms with Crippen LogP contribution in [0.4, 0.5) is 0 Å². The van der Waals surface area contributed by atoms with Gasteiger partial charge >= 0.3 is 0 Å². The van der Waals surface area contributed by atoms with Crippen molar-refractivity contribution >= 4 is 31.9 Å². The van der Waals surface area contributed by atoms with E-state index in [0.29, 0.717) is 23.7 Å². The van der Waals surface area contributed by atoms with E-state index in [0.717, 1.165) is 0 Å². The summed E-state index contributed by atoms with van der Waals surface area (Å²) in [6, 6.07) is 30.8. The van der Waals surface area contributed by atoms with Crippen LogP contribution >= 0.6 is 31.9 Å². The number of allylic oxidation sites excluding steroid dienone is 4. The van der Waals surface area contributed by atoms with Gasteiger partial charge in [-0.15, -0.1) is 0 Å². The Hall–Kier alpha value is -1.90. The smallest absolute Gasteiger partial charge is 0.0178 e. The summed E-state index contributed by atoms with van der Waals surface area (Å²) in [7, 11) is 0. The number of halogens is 2. The van der Waals surface area contributed by atoms with Crippen LogP contribution in [0.5, 0.6) is 0 Å². The largest absolute Gasteiger partial charge is 0.0874 e. The topological polar surface area (TPSA) is 0 Å². The molecule has 0 N–H and O–H groups in total. The first-order valence-electron chi connectivity index (χ1n) is 15.3. The lowest BCUT2D eigenvalue weighted by Gasteiger charge is -2.83. The average Bonchev–Trinajstić information content (AvgIpc) is 2.98. The van der Waals surface area contributed by atoms with Crippen LogP contribution in [0.25, 0.3) is 0 Å². The molecule has 0 aromatic heterocycles. The van der Waals surface area contributed by atoms with Crippen molar-refractivity contribution in [1.29, 1.82) is 0 Å². The molecule has 8 bridgehead atoms. The van der Waals surface area contributed by atoms with Crippen LogP contribution in [0, 0.1) is 29.1 Å². The van der Waals surface area contributed by atoms with Crippen LogP contribution in [0.2, 0.25) is 0 Å². The first kappa shape index (κ1) is 25.8. The van der Waals surface area contributed by atoms with Gasteiger partial charge in [-0.2, -0.15) is 0 Å². The quantitative estimate of drug-likeness (QED) is 0.240. The summed E-state index contributed by atoms with van der Waals surface area (Å²) >= 11 is 7.75. The fraction of sp³-hybridized carbons (Fsp3) is 0.421. The lowest BCUT2D eigenvalue weighted by atomic mass is 9.20. The standard InChI is InChI=1S/C38H38Br2/c1-3-10-25(4-2)35-19-33-31-21-36(27-13-8-15-29(39)17-27)22-32(37(31,23-35)26-11-6-5-7-12-26)34(20-35)38(33,24-36)28-14-9-16-30(40)18-28/h3-18,31-34H,19-24H2,1-2H3/b10-3-,25-4+.